The van der Waals surface area contributed by atoms with E-state index >= 15 is 0 Å². The van der Waals surface area contributed by atoms with Gasteiger partial charge in [0.25, 0.3) is 8.32 Å². The van der Waals surface area contributed by atoms with Gasteiger partial charge in [-0.05, 0) is 22.3 Å². The Bertz CT molecular complexity index is 715. The van der Waals surface area contributed by atoms with Crippen molar-refractivity contribution in [1.82, 2.24) is 5.32 Å². The molecule has 0 spiro atoms. The number of carbonyl (C=O) groups is 1. The fraction of sp³-hybridized carbons (Fsp3) is 0.435. The lowest BCUT2D eigenvalue weighted by Crippen LogP contribution is -2.67. The highest BCUT2D eigenvalue weighted by Gasteiger charge is 2.50. The average Bonchev–Trinajstić information content (AvgIpc) is 2.66. The topological polar surface area (TPSA) is 38.3 Å². The number of hydrogen-bond donors (Lipinski definition) is 1. The summed E-state index contributed by atoms with van der Waals surface area (Å²) >= 11 is 0. The highest BCUT2D eigenvalue weighted by atomic mass is 28.4. The van der Waals surface area contributed by atoms with Gasteiger partial charge in [0.2, 0.25) is 0 Å². The third-order valence-corrected chi connectivity index (χ3v) is 10.6. The molecule has 0 aliphatic carbocycles. The van der Waals surface area contributed by atoms with Crippen LogP contribution in [0.3, 0.4) is 0 Å². The van der Waals surface area contributed by atoms with Gasteiger partial charge in [-0.15, -0.1) is 0 Å². The Hall–Kier alpha value is -1.75. The first-order valence-electron chi connectivity index (χ1n) is 9.85. The fourth-order valence-corrected chi connectivity index (χ4v) is 8.75. The van der Waals surface area contributed by atoms with Crippen LogP contribution >= 0.6 is 0 Å². The molecule has 27 heavy (non-hydrogen) atoms. The van der Waals surface area contributed by atoms with Crippen molar-refractivity contribution in [1.29, 1.82) is 0 Å². The first-order valence-corrected chi connectivity index (χ1v) is 11.8. The summed E-state index contributed by atoms with van der Waals surface area (Å²) in [5.41, 5.74) is 0. The number of Topliss-reactive ketones (excluding diaryl/α,β-unsaturated/α-hetero) is 1. The molecule has 1 aliphatic rings. The molecular formula is C23H31NO2Si. The Morgan fingerprint density at radius 1 is 1.00 bits per heavy atom. The molecule has 0 saturated carbocycles. The van der Waals surface area contributed by atoms with Crippen LogP contribution in [0.5, 0.6) is 0 Å². The summed E-state index contributed by atoms with van der Waals surface area (Å²) in [5, 5.41) is 5.86. The first-order chi connectivity index (χ1) is 12.8. The Labute approximate surface area is 164 Å². The van der Waals surface area contributed by atoms with Crippen molar-refractivity contribution in [2.75, 3.05) is 13.2 Å². The van der Waals surface area contributed by atoms with E-state index < -0.39 is 8.32 Å². The van der Waals surface area contributed by atoms with Crippen LogP contribution in [0.4, 0.5) is 0 Å². The van der Waals surface area contributed by atoms with Gasteiger partial charge in [-0.3, -0.25) is 4.79 Å². The first kappa shape index (κ1) is 20.0. The summed E-state index contributed by atoms with van der Waals surface area (Å²) in [7, 11) is -2.51. The van der Waals surface area contributed by atoms with Gasteiger partial charge in [0, 0.05) is 25.5 Å². The third-order valence-electron chi connectivity index (χ3n) is 5.64. The van der Waals surface area contributed by atoms with Gasteiger partial charge < -0.3 is 9.74 Å². The van der Waals surface area contributed by atoms with Crippen molar-refractivity contribution >= 4 is 24.5 Å². The molecule has 1 N–H and O–H groups in total. The van der Waals surface area contributed by atoms with Crippen LogP contribution in [0.2, 0.25) is 5.04 Å². The van der Waals surface area contributed by atoms with E-state index in [2.05, 4.69) is 86.8 Å². The molecule has 144 valence electrons. The van der Waals surface area contributed by atoms with E-state index in [-0.39, 0.29) is 22.8 Å². The minimum Gasteiger partial charge on any atom is -0.407 e. The van der Waals surface area contributed by atoms with Crippen LogP contribution in [0.25, 0.3) is 0 Å². The Kier molecular flexibility index (Phi) is 5.99. The van der Waals surface area contributed by atoms with E-state index in [9.17, 15) is 4.79 Å². The zero-order valence-corrected chi connectivity index (χ0v) is 17.9. The summed E-state index contributed by atoms with van der Waals surface area (Å²) < 4.78 is 6.94. The quantitative estimate of drug-likeness (QED) is 0.809. The maximum Gasteiger partial charge on any atom is 0.261 e. The van der Waals surface area contributed by atoms with E-state index in [0.717, 1.165) is 6.54 Å². The van der Waals surface area contributed by atoms with E-state index in [1.54, 1.807) is 0 Å². The lowest BCUT2D eigenvalue weighted by Gasteiger charge is -2.44. The zero-order chi connectivity index (χ0) is 19.5. The van der Waals surface area contributed by atoms with Crippen molar-refractivity contribution in [3.05, 3.63) is 60.7 Å². The number of nitrogens with one attached hydrogen (secondary N) is 1. The molecule has 1 saturated heterocycles. The molecule has 1 fully saturated rings. The van der Waals surface area contributed by atoms with E-state index in [1.165, 1.54) is 10.4 Å². The molecule has 1 aliphatic heterocycles. The monoisotopic (exact) mass is 381 g/mol. The molecule has 0 aromatic heterocycles. The molecule has 1 heterocycles. The van der Waals surface area contributed by atoms with E-state index in [0.29, 0.717) is 13.0 Å². The van der Waals surface area contributed by atoms with Crippen LogP contribution in [0.15, 0.2) is 60.7 Å². The number of benzene rings is 2. The second kappa shape index (κ2) is 8.09. The number of piperidine rings is 1. The Morgan fingerprint density at radius 3 is 1.96 bits per heavy atom. The molecule has 2 aromatic rings. The predicted molar refractivity (Wildman–Crippen MR) is 114 cm³/mol. The van der Waals surface area contributed by atoms with E-state index in [1.807, 2.05) is 6.92 Å². The molecule has 0 amide bonds. The van der Waals surface area contributed by atoms with Crippen LogP contribution in [-0.2, 0) is 9.22 Å². The van der Waals surface area contributed by atoms with Crippen molar-refractivity contribution < 1.29 is 9.22 Å². The number of ketones is 1. The molecule has 2 aromatic carbocycles. The second-order valence-electron chi connectivity index (χ2n) is 8.64. The van der Waals surface area contributed by atoms with Gasteiger partial charge in [0.1, 0.15) is 5.78 Å². The lowest BCUT2D eigenvalue weighted by atomic mass is 9.95. The van der Waals surface area contributed by atoms with Crippen molar-refractivity contribution in [3.8, 4) is 0 Å². The largest absolute Gasteiger partial charge is 0.407 e. The van der Waals surface area contributed by atoms with Crippen LogP contribution in [0.1, 0.15) is 34.1 Å². The normalized spacial score (nSPS) is 21.3. The minimum atomic E-state index is -2.51. The fourth-order valence-electron chi connectivity index (χ4n) is 4.11. The number of rotatable bonds is 5. The molecule has 4 heteroatoms. The van der Waals surface area contributed by atoms with Gasteiger partial charge in [-0.25, -0.2) is 0 Å². The number of carbonyl (C=O) groups excluding carboxylic acids is 1. The standard InChI is InChI=1S/C23H31NO2Si/c1-18-22(25)15-19(16-24-18)17-26-27(23(2,3)4,20-11-7-5-8-12-20)21-13-9-6-10-14-21/h5-14,18-19,24H,15-17H2,1-4H3/t18-,19+/m1/s1. The Morgan fingerprint density at radius 2 is 1.52 bits per heavy atom. The number of hydrogen-bond acceptors (Lipinski definition) is 3. The zero-order valence-electron chi connectivity index (χ0n) is 16.9. The van der Waals surface area contributed by atoms with Crippen LogP contribution in [-0.4, -0.2) is 33.3 Å². The maximum atomic E-state index is 12.2. The molecule has 0 radical (unpaired) electrons. The van der Waals surface area contributed by atoms with Gasteiger partial charge in [-0.1, -0.05) is 81.4 Å². The molecular weight excluding hydrogens is 350 g/mol. The summed E-state index contributed by atoms with van der Waals surface area (Å²) in [4.78, 5) is 12.2. The highest BCUT2D eigenvalue weighted by Crippen LogP contribution is 2.37. The highest BCUT2D eigenvalue weighted by molar-refractivity contribution is 6.99. The van der Waals surface area contributed by atoms with Crippen molar-refractivity contribution in [3.63, 3.8) is 0 Å². The smallest absolute Gasteiger partial charge is 0.261 e. The molecule has 2 atom stereocenters. The van der Waals surface area contributed by atoms with Crippen molar-refractivity contribution in [2.45, 2.75) is 45.2 Å². The van der Waals surface area contributed by atoms with E-state index in [4.69, 9.17) is 4.43 Å². The van der Waals surface area contributed by atoms with Crippen LogP contribution in [0, 0.1) is 5.92 Å². The van der Waals surface area contributed by atoms with Gasteiger partial charge in [0.05, 0.1) is 6.04 Å². The summed E-state index contributed by atoms with van der Waals surface area (Å²) in [6, 6.07) is 21.3. The predicted octanol–water partition coefficient (Wildman–Crippen LogP) is 3.13. The SMILES string of the molecule is C[C@H]1NC[C@@H](CO[Si](c2ccccc2)(c2ccccc2)C(C)(C)C)CC1=O. The van der Waals surface area contributed by atoms with Crippen molar-refractivity contribution in [2.24, 2.45) is 5.92 Å². The van der Waals surface area contributed by atoms with Gasteiger partial charge >= 0.3 is 0 Å². The Balaban J connectivity index is 1.98. The average molecular weight is 382 g/mol. The molecule has 3 rings (SSSR count). The summed E-state index contributed by atoms with van der Waals surface area (Å²) in [5.74, 6) is 0.521. The van der Waals surface area contributed by atoms with Crippen LogP contribution < -0.4 is 15.7 Å². The minimum absolute atomic E-state index is 0.0326. The molecule has 3 nitrogen and oxygen atoms in total. The summed E-state index contributed by atoms with van der Waals surface area (Å²) in [6.45, 7) is 10.2. The molecule has 0 bridgehead atoms. The lowest BCUT2D eigenvalue weighted by molar-refractivity contribution is -0.123. The molecule has 0 unspecified atom stereocenters. The third kappa shape index (κ3) is 4.08. The summed E-state index contributed by atoms with van der Waals surface area (Å²) in [6.07, 6.45) is 0.604. The van der Waals surface area contributed by atoms with Gasteiger partial charge in [0.15, 0.2) is 0 Å². The van der Waals surface area contributed by atoms with Gasteiger partial charge in [-0.2, -0.15) is 0 Å². The second-order valence-corrected chi connectivity index (χ2v) is 12.9. The maximum absolute atomic E-state index is 12.2.